The van der Waals surface area contributed by atoms with E-state index in [2.05, 4.69) is 31.2 Å². The zero-order valence-electron chi connectivity index (χ0n) is 16.7. The normalized spacial score (nSPS) is 27.7. The molecule has 2 N–H and O–H groups in total. The van der Waals surface area contributed by atoms with Crippen LogP contribution in [0.1, 0.15) is 31.2 Å². The van der Waals surface area contributed by atoms with Crippen molar-refractivity contribution in [2.75, 3.05) is 52.1 Å². The topological polar surface area (TPSA) is 90.8 Å². The van der Waals surface area contributed by atoms with E-state index < -0.39 is 0 Å². The van der Waals surface area contributed by atoms with Gasteiger partial charge >= 0.3 is 6.03 Å². The molecule has 3 aliphatic heterocycles. The monoisotopic (exact) mass is 383 g/mol. The lowest BCUT2D eigenvalue weighted by Crippen LogP contribution is -2.53. The molecule has 4 heterocycles. The van der Waals surface area contributed by atoms with Gasteiger partial charge in [0.1, 0.15) is 11.7 Å². The van der Waals surface area contributed by atoms with Crippen LogP contribution in [-0.4, -0.2) is 83.9 Å². The molecule has 0 bridgehead atoms. The summed E-state index contributed by atoms with van der Waals surface area (Å²) in [6.45, 7) is 3.79. The number of nitriles is 1. The van der Waals surface area contributed by atoms with Crippen molar-refractivity contribution in [1.29, 1.82) is 5.26 Å². The van der Waals surface area contributed by atoms with E-state index in [-0.39, 0.29) is 17.5 Å². The lowest BCUT2D eigenvalue weighted by molar-refractivity contribution is 0.122. The fourth-order valence-corrected chi connectivity index (χ4v) is 5.10. The van der Waals surface area contributed by atoms with Crippen LogP contribution < -0.4 is 5.32 Å². The largest absolute Gasteiger partial charge is 0.374 e. The van der Waals surface area contributed by atoms with Gasteiger partial charge in [0.25, 0.3) is 0 Å². The Morgan fingerprint density at radius 1 is 1.36 bits per heavy atom. The van der Waals surface area contributed by atoms with E-state index in [1.54, 1.807) is 0 Å². The minimum atomic E-state index is -0.117. The van der Waals surface area contributed by atoms with Gasteiger partial charge in [-0.3, -0.25) is 4.99 Å². The lowest BCUT2D eigenvalue weighted by atomic mass is 9.95. The van der Waals surface area contributed by atoms with Crippen molar-refractivity contribution < 1.29 is 4.79 Å². The van der Waals surface area contributed by atoms with Gasteiger partial charge in [-0.05, 0) is 31.7 Å². The summed E-state index contributed by atoms with van der Waals surface area (Å²) in [5, 5.41) is 12.4. The first kappa shape index (κ1) is 18.7. The number of nitrogens with zero attached hydrogens (tertiary/aromatic N) is 5. The standard InChI is InChI=1S/C20H29N7O/c1-22-17-16(4-8-24-17)18(23-2)26-11-7-20(14-26)6-3-9-27(20)19(28)25-10-5-15(12-21)13-25/h4,8,15,22,24H,3,5-7,9-11,13-14H2,1-2H3/b23-18+. The van der Waals surface area contributed by atoms with Crippen LogP contribution in [0.2, 0.25) is 0 Å². The first-order chi connectivity index (χ1) is 13.6. The summed E-state index contributed by atoms with van der Waals surface area (Å²) in [4.78, 5) is 27.3. The van der Waals surface area contributed by atoms with E-state index >= 15 is 0 Å². The number of amides is 2. The van der Waals surface area contributed by atoms with Crippen LogP contribution in [0.4, 0.5) is 10.6 Å². The maximum atomic E-state index is 13.2. The van der Waals surface area contributed by atoms with E-state index in [9.17, 15) is 4.79 Å². The maximum Gasteiger partial charge on any atom is 0.320 e. The molecule has 0 aromatic carbocycles. The Bertz CT molecular complexity index is 810. The molecule has 1 aromatic rings. The quantitative estimate of drug-likeness (QED) is 0.603. The molecular formula is C20H29N7O. The molecule has 0 aliphatic carbocycles. The number of likely N-dealkylation sites (tertiary alicyclic amines) is 3. The van der Waals surface area contributed by atoms with Crippen molar-refractivity contribution in [2.45, 2.75) is 31.2 Å². The number of rotatable bonds is 2. The van der Waals surface area contributed by atoms with Gasteiger partial charge in [-0.1, -0.05) is 0 Å². The maximum absolute atomic E-state index is 13.2. The van der Waals surface area contributed by atoms with E-state index in [4.69, 9.17) is 5.26 Å². The second kappa shape index (κ2) is 7.38. The Morgan fingerprint density at radius 3 is 2.93 bits per heavy atom. The van der Waals surface area contributed by atoms with Crippen LogP contribution in [0.5, 0.6) is 0 Å². The van der Waals surface area contributed by atoms with Crippen LogP contribution in [-0.2, 0) is 0 Å². The van der Waals surface area contributed by atoms with Gasteiger partial charge in [0.2, 0.25) is 0 Å². The molecule has 8 heteroatoms. The van der Waals surface area contributed by atoms with Crippen LogP contribution in [0, 0.1) is 17.2 Å². The third-order valence-electron chi connectivity index (χ3n) is 6.55. The highest BCUT2D eigenvalue weighted by Crippen LogP contribution is 2.39. The Kier molecular flexibility index (Phi) is 4.92. The first-order valence-electron chi connectivity index (χ1n) is 10.2. The number of aliphatic imine (C=N–C) groups is 1. The van der Waals surface area contributed by atoms with Gasteiger partial charge in [-0.25, -0.2) is 4.79 Å². The highest BCUT2D eigenvalue weighted by molar-refractivity contribution is 6.03. The summed E-state index contributed by atoms with van der Waals surface area (Å²) in [5.74, 6) is 1.91. The predicted octanol–water partition coefficient (Wildman–Crippen LogP) is 1.94. The van der Waals surface area contributed by atoms with Crippen LogP contribution >= 0.6 is 0 Å². The van der Waals surface area contributed by atoms with E-state index in [0.717, 1.165) is 62.5 Å². The second-order valence-electron chi connectivity index (χ2n) is 8.06. The van der Waals surface area contributed by atoms with E-state index in [1.165, 1.54) is 0 Å². The number of aromatic nitrogens is 1. The molecule has 2 atom stereocenters. The number of H-pyrrole nitrogens is 1. The number of carbonyl (C=O) groups excluding carboxylic acids is 1. The number of urea groups is 1. The average molecular weight is 384 g/mol. The van der Waals surface area contributed by atoms with Crippen molar-refractivity contribution >= 4 is 17.7 Å². The highest BCUT2D eigenvalue weighted by Gasteiger charge is 2.50. The molecule has 1 aromatic heterocycles. The van der Waals surface area contributed by atoms with Gasteiger partial charge in [0.05, 0.1) is 23.1 Å². The van der Waals surface area contributed by atoms with Crippen molar-refractivity contribution in [2.24, 2.45) is 10.9 Å². The lowest BCUT2D eigenvalue weighted by Gasteiger charge is -2.37. The molecule has 2 amide bonds. The number of amidine groups is 1. The summed E-state index contributed by atoms with van der Waals surface area (Å²) in [5.41, 5.74) is 0.947. The Morgan fingerprint density at radius 2 is 2.21 bits per heavy atom. The zero-order chi connectivity index (χ0) is 19.7. The van der Waals surface area contributed by atoms with Crippen molar-refractivity contribution in [3.05, 3.63) is 17.8 Å². The Labute approximate surface area is 166 Å². The number of hydrogen-bond acceptors (Lipinski definition) is 4. The molecule has 8 nitrogen and oxygen atoms in total. The smallest absolute Gasteiger partial charge is 0.320 e. The molecule has 0 saturated carbocycles. The van der Waals surface area contributed by atoms with Gasteiger partial charge in [-0.15, -0.1) is 0 Å². The van der Waals surface area contributed by atoms with Gasteiger partial charge in [0.15, 0.2) is 0 Å². The van der Waals surface area contributed by atoms with E-state index in [1.807, 2.05) is 31.3 Å². The van der Waals surface area contributed by atoms with E-state index in [0.29, 0.717) is 13.1 Å². The fourth-order valence-electron chi connectivity index (χ4n) is 5.10. The van der Waals surface area contributed by atoms with Crippen molar-refractivity contribution in [3.63, 3.8) is 0 Å². The van der Waals surface area contributed by atoms with Crippen LogP contribution in [0.15, 0.2) is 17.3 Å². The summed E-state index contributed by atoms with van der Waals surface area (Å²) in [6.07, 6.45) is 5.75. The predicted molar refractivity (Wildman–Crippen MR) is 108 cm³/mol. The Hall–Kier alpha value is -2.69. The van der Waals surface area contributed by atoms with Crippen molar-refractivity contribution in [3.8, 4) is 6.07 Å². The fraction of sp³-hybridized carbons (Fsp3) is 0.650. The zero-order valence-corrected chi connectivity index (χ0v) is 16.7. The van der Waals surface area contributed by atoms with Gasteiger partial charge < -0.3 is 25.0 Å². The van der Waals surface area contributed by atoms with Gasteiger partial charge in [-0.2, -0.15) is 5.26 Å². The third-order valence-corrected chi connectivity index (χ3v) is 6.55. The van der Waals surface area contributed by atoms with Crippen molar-refractivity contribution in [1.82, 2.24) is 19.7 Å². The Balaban J connectivity index is 1.51. The van der Waals surface area contributed by atoms with Gasteiger partial charge in [0, 0.05) is 53.0 Å². The number of anilines is 1. The number of hydrogen-bond donors (Lipinski definition) is 2. The molecule has 1 spiro atoms. The average Bonchev–Trinajstić information content (AvgIpc) is 3.50. The molecule has 0 radical (unpaired) electrons. The van der Waals surface area contributed by atoms with Crippen LogP contribution in [0.25, 0.3) is 0 Å². The minimum Gasteiger partial charge on any atom is -0.374 e. The molecule has 3 saturated heterocycles. The molecule has 3 fully saturated rings. The summed E-state index contributed by atoms with van der Waals surface area (Å²) in [7, 11) is 3.73. The highest BCUT2D eigenvalue weighted by atomic mass is 16.2. The number of nitrogens with one attached hydrogen (secondary N) is 2. The summed E-state index contributed by atoms with van der Waals surface area (Å²) >= 11 is 0. The minimum absolute atomic E-state index is 0.0186. The second-order valence-corrected chi connectivity index (χ2v) is 8.06. The third kappa shape index (κ3) is 2.99. The molecule has 28 heavy (non-hydrogen) atoms. The summed E-state index contributed by atoms with van der Waals surface area (Å²) in [6, 6.07) is 4.47. The molecular weight excluding hydrogens is 354 g/mol. The summed E-state index contributed by atoms with van der Waals surface area (Å²) < 4.78 is 0. The SMILES string of the molecule is C/N=C(\c1cc[nH]c1NC)N1CCC2(CCCN2C(=O)N2CCC(C#N)C2)C1. The molecule has 2 unspecified atom stereocenters. The molecule has 4 rings (SSSR count). The number of carbonyl (C=O) groups is 1. The van der Waals surface area contributed by atoms with Crippen LogP contribution in [0.3, 0.4) is 0 Å². The molecule has 3 aliphatic rings. The number of aromatic amines is 1. The molecule has 150 valence electrons. The first-order valence-corrected chi connectivity index (χ1v) is 10.2.